The quantitative estimate of drug-likeness (QED) is 0.779. The molecular formula is C16H19NO5. The Kier molecular flexibility index (Phi) is 4.49. The minimum Gasteiger partial charge on any atom is -0.481 e. The fraction of sp³-hybridized carbons (Fsp3) is 0.438. The Labute approximate surface area is 128 Å². The van der Waals surface area contributed by atoms with E-state index in [4.69, 9.17) is 5.11 Å². The van der Waals surface area contributed by atoms with Crippen LogP contribution in [0.4, 0.5) is 5.69 Å². The van der Waals surface area contributed by atoms with Gasteiger partial charge in [0.15, 0.2) is 11.8 Å². The van der Waals surface area contributed by atoms with Crippen molar-refractivity contribution in [3.63, 3.8) is 0 Å². The van der Waals surface area contributed by atoms with Crippen molar-refractivity contribution in [1.82, 2.24) is 0 Å². The molecule has 1 aliphatic rings. The Balaban J connectivity index is 2.22. The Morgan fingerprint density at radius 3 is 2.45 bits per heavy atom. The second-order valence-corrected chi connectivity index (χ2v) is 5.85. The van der Waals surface area contributed by atoms with Crippen LogP contribution in [0.5, 0.6) is 0 Å². The molecule has 2 rings (SSSR count). The van der Waals surface area contributed by atoms with Gasteiger partial charge in [0.1, 0.15) is 0 Å². The van der Waals surface area contributed by atoms with Crippen molar-refractivity contribution in [3.8, 4) is 0 Å². The summed E-state index contributed by atoms with van der Waals surface area (Å²) in [6.07, 6.45) is 0.425. The molecule has 6 nitrogen and oxygen atoms in total. The maximum absolute atomic E-state index is 12.2. The molecule has 22 heavy (non-hydrogen) atoms. The van der Waals surface area contributed by atoms with Gasteiger partial charge < -0.3 is 15.1 Å². The molecule has 1 aromatic rings. The first kappa shape index (κ1) is 16.0. The molecule has 0 amide bonds. The summed E-state index contributed by atoms with van der Waals surface area (Å²) in [6.45, 7) is 3.82. The van der Waals surface area contributed by atoms with Gasteiger partial charge in [-0.25, -0.2) is 4.79 Å². The molecule has 0 saturated heterocycles. The predicted octanol–water partition coefficient (Wildman–Crippen LogP) is 1.89. The Bertz CT molecular complexity index is 612. The van der Waals surface area contributed by atoms with Gasteiger partial charge in [0.05, 0.1) is 5.92 Å². The number of hydrogen-bond donors (Lipinski definition) is 2. The van der Waals surface area contributed by atoms with Gasteiger partial charge in [-0.2, -0.15) is 0 Å². The summed E-state index contributed by atoms with van der Waals surface area (Å²) in [5, 5.41) is 18.3. The van der Waals surface area contributed by atoms with Gasteiger partial charge in [-0.1, -0.05) is 26.0 Å². The Morgan fingerprint density at radius 1 is 1.23 bits per heavy atom. The smallest absolute Gasteiger partial charge is 0.334 e. The standard InChI is InChI=1S/C16H19NO5/c1-9(7-10(2)15(19)20)8-17-12-6-4-3-5-11(12)14(18)13(17)16(21)22/h3-6,9-10,13H,7-8H2,1-2H3,(H,19,20)(H,21,22)/t9-,10+,13-/m1/s1. The zero-order valence-electron chi connectivity index (χ0n) is 12.5. The monoisotopic (exact) mass is 305 g/mol. The lowest BCUT2D eigenvalue weighted by atomic mass is 9.96. The molecule has 0 spiro atoms. The van der Waals surface area contributed by atoms with Crippen LogP contribution in [0.15, 0.2) is 24.3 Å². The van der Waals surface area contributed by atoms with Crippen LogP contribution >= 0.6 is 0 Å². The highest BCUT2D eigenvalue weighted by atomic mass is 16.4. The van der Waals surface area contributed by atoms with E-state index in [2.05, 4.69) is 0 Å². The van der Waals surface area contributed by atoms with Crippen LogP contribution in [0.25, 0.3) is 0 Å². The highest BCUT2D eigenvalue weighted by molar-refractivity contribution is 6.20. The summed E-state index contributed by atoms with van der Waals surface area (Å²) in [5.41, 5.74) is 1.02. The largest absolute Gasteiger partial charge is 0.481 e. The predicted molar refractivity (Wildman–Crippen MR) is 80.1 cm³/mol. The molecule has 6 heteroatoms. The third kappa shape index (κ3) is 2.95. The second-order valence-electron chi connectivity index (χ2n) is 5.85. The van der Waals surface area contributed by atoms with E-state index in [9.17, 15) is 19.5 Å². The third-order valence-corrected chi connectivity index (χ3v) is 3.96. The Morgan fingerprint density at radius 2 is 1.86 bits per heavy atom. The van der Waals surface area contributed by atoms with Gasteiger partial charge in [-0.15, -0.1) is 0 Å². The molecule has 0 bridgehead atoms. The number of carbonyl (C=O) groups excluding carboxylic acids is 1. The van der Waals surface area contributed by atoms with Crippen molar-refractivity contribution in [2.45, 2.75) is 26.3 Å². The molecule has 1 aromatic carbocycles. The van der Waals surface area contributed by atoms with E-state index in [1.165, 1.54) is 0 Å². The van der Waals surface area contributed by atoms with Crippen LogP contribution in [0, 0.1) is 11.8 Å². The molecule has 1 aliphatic heterocycles. The maximum Gasteiger partial charge on any atom is 0.334 e. The first-order chi connectivity index (χ1) is 10.3. The van der Waals surface area contributed by atoms with Crippen LogP contribution < -0.4 is 4.90 Å². The summed E-state index contributed by atoms with van der Waals surface area (Å²) < 4.78 is 0. The van der Waals surface area contributed by atoms with E-state index in [0.717, 1.165) is 0 Å². The topological polar surface area (TPSA) is 94.9 Å². The fourth-order valence-corrected chi connectivity index (χ4v) is 2.92. The number of benzene rings is 1. The number of hydrogen-bond acceptors (Lipinski definition) is 4. The van der Waals surface area contributed by atoms with Gasteiger partial charge in [0.2, 0.25) is 0 Å². The van der Waals surface area contributed by atoms with Gasteiger partial charge in [-0.3, -0.25) is 9.59 Å². The van der Waals surface area contributed by atoms with Gasteiger partial charge in [0.25, 0.3) is 0 Å². The number of fused-ring (bicyclic) bond motifs is 1. The SMILES string of the molecule is C[C@H](C[C@H](C)C(=O)O)CN1c2ccccc2C(=O)[C@@H]1C(=O)O. The number of Topliss-reactive ketones (excluding diaryl/α,β-unsaturated/α-hetero) is 1. The number of carboxylic acids is 2. The van der Waals surface area contributed by atoms with Crippen molar-refractivity contribution < 1.29 is 24.6 Å². The van der Waals surface area contributed by atoms with E-state index < -0.39 is 29.7 Å². The Hall–Kier alpha value is -2.37. The van der Waals surface area contributed by atoms with Crippen molar-refractivity contribution in [3.05, 3.63) is 29.8 Å². The number of nitrogens with zero attached hydrogens (tertiary/aromatic N) is 1. The molecular weight excluding hydrogens is 286 g/mol. The molecule has 0 radical (unpaired) electrons. The average Bonchev–Trinajstić information content (AvgIpc) is 2.72. The molecule has 0 unspecified atom stereocenters. The number of carbonyl (C=O) groups is 3. The van der Waals surface area contributed by atoms with Crippen molar-refractivity contribution >= 4 is 23.4 Å². The van der Waals surface area contributed by atoms with Crippen LogP contribution in [0.2, 0.25) is 0 Å². The van der Waals surface area contributed by atoms with Gasteiger partial charge >= 0.3 is 11.9 Å². The van der Waals surface area contributed by atoms with E-state index in [1.54, 1.807) is 36.1 Å². The number of carboxylic acid groups (broad SMARTS) is 2. The molecule has 3 atom stereocenters. The highest BCUT2D eigenvalue weighted by Gasteiger charge is 2.42. The van der Waals surface area contributed by atoms with E-state index in [1.807, 2.05) is 6.92 Å². The number of ketones is 1. The molecule has 1 heterocycles. The number of aliphatic carboxylic acids is 2. The molecule has 0 fully saturated rings. The van der Waals surface area contributed by atoms with Crippen LogP contribution in [-0.4, -0.2) is 40.5 Å². The molecule has 118 valence electrons. The van der Waals surface area contributed by atoms with Gasteiger partial charge in [0, 0.05) is 17.8 Å². The molecule has 0 aliphatic carbocycles. The van der Waals surface area contributed by atoms with Crippen LogP contribution in [-0.2, 0) is 9.59 Å². The average molecular weight is 305 g/mol. The first-order valence-electron chi connectivity index (χ1n) is 7.18. The number of para-hydroxylation sites is 1. The lowest BCUT2D eigenvalue weighted by Gasteiger charge is -2.27. The summed E-state index contributed by atoms with van der Waals surface area (Å²) in [6, 6.07) is 5.59. The van der Waals surface area contributed by atoms with E-state index >= 15 is 0 Å². The lowest BCUT2D eigenvalue weighted by Crippen LogP contribution is -2.44. The van der Waals surface area contributed by atoms with Crippen LogP contribution in [0.3, 0.4) is 0 Å². The van der Waals surface area contributed by atoms with E-state index in [0.29, 0.717) is 24.2 Å². The third-order valence-electron chi connectivity index (χ3n) is 3.96. The summed E-state index contributed by atoms with van der Waals surface area (Å²) in [7, 11) is 0. The zero-order valence-corrected chi connectivity index (χ0v) is 12.5. The second kappa shape index (κ2) is 6.17. The lowest BCUT2D eigenvalue weighted by molar-refractivity contribution is -0.142. The number of rotatable bonds is 6. The summed E-state index contributed by atoms with van der Waals surface area (Å²) >= 11 is 0. The minimum absolute atomic E-state index is 0.0492. The summed E-state index contributed by atoms with van der Waals surface area (Å²) in [4.78, 5) is 36.2. The molecule has 2 N–H and O–H groups in total. The highest BCUT2D eigenvalue weighted by Crippen LogP contribution is 2.33. The van der Waals surface area contributed by atoms with Crippen molar-refractivity contribution in [2.24, 2.45) is 11.8 Å². The fourth-order valence-electron chi connectivity index (χ4n) is 2.92. The molecule has 0 aromatic heterocycles. The summed E-state index contributed by atoms with van der Waals surface area (Å²) in [5.74, 6) is -3.03. The first-order valence-corrected chi connectivity index (χ1v) is 7.18. The van der Waals surface area contributed by atoms with Crippen LogP contribution in [0.1, 0.15) is 30.6 Å². The minimum atomic E-state index is -1.22. The normalized spacial score (nSPS) is 19.6. The van der Waals surface area contributed by atoms with E-state index in [-0.39, 0.29) is 5.92 Å². The van der Waals surface area contributed by atoms with Crippen molar-refractivity contribution in [1.29, 1.82) is 0 Å². The van der Waals surface area contributed by atoms with Gasteiger partial charge in [-0.05, 0) is 24.5 Å². The number of anilines is 1. The van der Waals surface area contributed by atoms with Crippen molar-refractivity contribution in [2.75, 3.05) is 11.4 Å². The zero-order chi connectivity index (χ0) is 16.4. The molecule has 0 saturated carbocycles. The maximum atomic E-state index is 12.2.